The van der Waals surface area contributed by atoms with Crippen LogP contribution in [0.3, 0.4) is 0 Å². The number of pyridine rings is 1. The lowest BCUT2D eigenvalue weighted by molar-refractivity contribution is -0.131. The summed E-state index contributed by atoms with van der Waals surface area (Å²) in [6, 6.07) is 11.1. The normalized spacial score (nSPS) is 10.9. The quantitative estimate of drug-likeness (QED) is 0.314. The van der Waals surface area contributed by atoms with E-state index >= 15 is 0 Å². The number of esters is 1. The molecule has 3 rings (SSSR count). The first-order chi connectivity index (χ1) is 17.3. The fourth-order valence-electron chi connectivity index (χ4n) is 4.51. The zero-order valence-corrected chi connectivity index (χ0v) is 21.7. The maximum absolute atomic E-state index is 13.1. The third-order valence-corrected chi connectivity index (χ3v) is 6.19. The van der Waals surface area contributed by atoms with Gasteiger partial charge in [-0.2, -0.15) is 0 Å². The van der Waals surface area contributed by atoms with E-state index in [0.717, 1.165) is 38.0 Å². The maximum atomic E-state index is 13.1. The van der Waals surface area contributed by atoms with Crippen molar-refractivity contribution in [3.8, 4) is 22.6 Å². The number of carbonyl (C=O) groups excluding carboxylic acids is 2. The van der Waals surface area contributed by atoms with E-state index < -0.39 is 23.2 Å². The van der Waals surface area contributed by atoms with Crippen LogP contribution in [0.4, 0.5) is 5.69 Å². The van der Waals surface area contributed by atoms with Gasteiger partial charge >= 0.3 is 5.97 Å². The topological polar surface area (TPSA) is 101 Å². The van der Waals surface area contributed by atoms with E-state index in [1.807, 2.05) is 24.3 Å². The molecule has 0 atom stereocenters. The number of rotatable bonds is 10. The van der Waals surface area contributed by atoms with Crippen LogP contribution in [0, 0.1) is 0 Å². The van der Waals surface area contributed by atoms with E-state index in [2.05, 4.69) is 24.1 Å². The fraction of sp³-hybridized carbons (Fsp3) is 0.393. The highest BCUT2D eigenvalue weighted by Gasteiger charge is 2.25. The predicted molar refractivity (Wildman–Crippen MR) is 143 cm³/mol. The van der Waals surface area contributed by atoms with Gasteiger partial charge in [0.15, 0.2) is 0 Å². The number of unbranched alkanes of at least 4 members (excludes halogenated alkanes) is 1. The van der Waals surface area contributed by atoms with E-state index in [9.17, 15) is 19.5 Å². The Kier molecular flexibility index (Phi) is 8.74. The van der Waals surface area contributed by atoms with Gasteiger partial charge in [0, 0.05) is 44.9 Å². The molecule has 0 unspecified atom stereocenters. The van der Waals surface area contributed by atoms with Crippen LogP contribution in [0.25, 0.3) is 22.0 Å². The molecule has 8 heteroatoms. The Morgan fingerprint density at radius 3 is 2.28 bits per heavy atom. The molecule has 8 nitrogen and oxygen atoms in total. The number of nitrogens with one attached hydrogen (secondary N) is 1. The van der Waals surface area contributed by atoms with Crippen LogP contribution in [0.15, 0.2) is 41.2 Å². The Balaban J connectivity index is 2.33. The largest absolute Gasteiger partial charge is 0.506 e. The molecule has 0 aliphatic rings. The number of benzene rings is 2. The molecule has 36 heavy (non-hydrogen) atoms. The van der Waals surface area contributed by atoms with Crippen molar-refractivity contribution in [1.29, 1.82) is 0 Å². The Hall–Kier alpha value is -3.81. The summed E-state index contributed by atoms with van der Waals surface area (Å²) in [6.45, 7) is 9.58. The number of hydrogen-bond donors (Lipinski definition) is 2. The highest BCUT2D eigenvalue weighted by atomic mass is 16.5. The number of fused-ring (bicyclic) bond motifs is 1. The molecule has 1 heterocycles. The fourth-order valence-corrected chi connectivity index (χ4v) is 4.51. The van der Waals surface area contributed by atoms with Crippen LogP contribution >= 0.6 is 0 Å². The Bertz CT molecular complexity index is 1310. The van der Waals surface area contributed by atoms with Crippen molar-refractivity contribution in [2.45, 2.75) is 53.5 Å². The van der Waals surface area contributed by atoms with E-state index in [0.29, 0.717) is 16.6 Å². The summed E-state index contributed by atoms with van der Waals surface area (Å²) < 4.78 is 6.95. The lowest BCUT2D eigenvalue weighted by Crippen LogP contribution is -2.31. The summed E-state index contributed by atoms with van der Waals surface area (Å²) >= 11 is 0. The number of aromatic hydroxyl groups is 1. The minimum absolute atomic E-state index is 0.235. The zero-order chi connectivity index (χ0) is 26.4. The van der Waals surface area contributed by atoms with Crippen molar-refractivity contribution >= 4 is 28.5 Å². The number of aryl methyl sites for hydroxylation is 1. The minimum Gasteiger partial charge on any atom is -0.506 e. The van der Waals surface area contributed by atoms with E-state index in [1.165, 1.54) is 18.5 Å². The Morgan fingerprint density at radius 1 is 1.03 bits per heavy atom. The van der Waals surface area contributed by atoms with Crippen LogP contribution < -0.4 is 20.5 Å². The highest BCUT2D eigenvalue weighted by molar-refractivity contribution is 6.08. The monoisotopic (exact) mass is 493 g/mol. The summed E-state index contributed by atoms with van der Waals surface area (Å²) in [5, 5.41) is 13.9. The number of carbonyl (C=O) groups is 2. The van der Waals surface area contributed by atoms with Crippen LogP contribution in [-0.4, -0.2) is 41.7 Å². The average Bonchev–Trinajstić information content (AvgIpc) is 2.86. The maximum Gasteiger partial charge on any atom is 0.308 e. The first-order valence-electron chi connectivity index (χ1n) is 12.5. The zero-order valence-electron chi connectivity index (χ0n) is 21.7. The summed E-state index contributed by atoms with van der Waals surface area (Å²) in [5.74, 6) is -1.41. The molecule has 3 aromatic rings. The molecule has 2 N–H and O–H groups in total. The number of anilines is 1. The summed E-state index contributed by atoms with van der Waals surface area (Å²) in [5.41, 5.74) is 1.71. The van der Waals surface area contributed by atoms with Gasteiger partial charge in [0.1, 0.15) is 17.1 Å². The van der Waals surface area contributed by atoms with Gasteiger partial charge in [-0.25, -0.2) is 0 Å². The summed E-state index contributed by atoms with van der Waals surface area (Å²) in [7, 11) is 1.40. The molecule has 192 valence electrons. The molecule has 1 aromatic heterocycles. The lowest BCUT2D eigenvalue weighted by Gasteiger charge is -2.25. The number of ether oxygens (including phenoxy) is 1. The molecule has 2 aromatic carbocycles. The molecule has 1 amide bonds. The van der Waals surface area contributed by atoms with Crippen molar-refractivity contribution in [2.24, 2.45) is 0 Å². The molecule has 0 aliphatic carbocycles. The second kappa shape index (κ2) is 11.7. The second-order valence-electron chi connectivity index (χ2n) is 8.67. The number of hydrogen-bond acceptors (Lipinski definition) is 6. The number of nitrogens with zero attached hydrogens (tertiary/aromatic N) is 2. The molecule has 0 saturated carbocycles. The molecule has 0 saturated heterocycles. The molecule has 0 bridgehead atoms. The van der Waals surface area contributed by atoms with Crippen LogP contribution in [0.1, 0.15) is 57.3 Å². The number of aromatic nitrogens is 1. The number of amides is 1. The Morgan fingerprint density at radius 2 is 1.72 bits per heavy atom. The average molecular weight is 494 g/mol. The third-order valence-electron chi connectivity index (χ3n) is 6.19. The van der Waals surface area contributed by atoms with Crippen LogP contribution in [0.5, 0.6) is 11.5 Å². The van der Waals surface area contributed by atoms with E-state index in [4.69, 9.17) is 4.74 Å². The van der Waals surface area contributed by atoms with Gasteiger partial charge in [-0.1, -0.05) is 32.4 Å². The van der Waals surface area contributed by atoms with E-state index in [-0.39, 0.29) is 23.2 Å². The first-order valence-corrected chi connectivity index (χ1v) is 12.5. The van der Waals surface area contributed by atoms with Gasteiger partial charge in [0.2, 0.25) is 0 Å². The summed E-state index contributed by atoms with van der Waals surface area (Å²) in [6.07, 6.45) is 3.22. The van der Waals surface area contributed by atoms with Crippen LogP contribution in [-0.2, 0) is 11.3 Å². The van der Waals surface area contributed by atoms with Gasteiger partial charge in [0.25, 0.3) is 11.5 Å². The van der Waals surface area contributed by atoms with Crippen molar-refractivity contribution < 1.29 is 19.4 Å². The van der Waals surface area contributed by atoms with Gasteiger partial charge in [-0.3, -0.25) is 14.4 Å². The summed E-state index contributed by atoms with van der Waals surface area (Å²) in [4.78, 5) is 39.9. The molecular weight excluding hydrogens is 458 g/mol. The van der Waals surface area contributed by atoms with Crippen molar-refractivity contribution in [1.82, 2.24) is 9.88 Å². The molecule has 0 aliphatic heterocycles. The van der Waals surface area contributed by atoms with Crippen molar-refractivity contribution in [3.05, 3.63) is 52.3 Å². The molecular formula is C28H35N3O5. The van der Waals surface area contributed by atoms with Gasteiger partial charge in [-0.05, 0) is 49.6 Å². The smallest absolute Gasteiger partial charge is 0.308 e. The second-order valence-corrected chi connectivity index (χ2v) is 8.67. The van der Waals surface area contributed by atoms with Crippen molar-refractivity contribution in [3.63, 3.8) is 0 Å². The minimum atomic E-state index is -0.688. The van der Waals surface area contributed by atoms with E-state index in [1.54, 1.807) is 19.1 Å². The highest BCUT2D eigenvalue weighted by Crippen LogP contribution is 2.42. The van der Waals surface area contributed by atoms with Gasteiger partial charge in [-0.15, -0.1) is 0 Å². The molecule has 0 radical (unpaired) electrons. The lowest BCUT2D eigenvalue weighted by atomic mass is 9.96. The van der Waals surface area contributed by atoms with Gasteiger partial charge < -0.3 is 24.6 Å². The molecule has 0 spiro atoms. The predicted octanol–water partition coefficient (Wildman–Crippen LogP) is 4.70. The molecule has 0 fully saturated rings. The van der Waals surface area contributed by atoms with Crippen molar-refractivity contribution in [2.75, 3.05) is 25.0 Å². The third kappa shape index (κ3) is 5.22. The van der Waals surface area contributed by atoms with Gasteiger partial charge in [0.05, 0.1) is 10.9 Å². The first kappa shape index (κ1) is 26.8. The Labute approximate surface area is 211 Å². The van der Waals surface area contributed by atoms with Crippen LogP contribution in [0.2, 0.25) is 0 Å². The SMILES string of the molecule is CCCCN(CCC)c1ccc(-c2c(OC(C)=O)ccc3c2c(O)c(C(=O)NC)c(=O)n3CC)cc1. The standard InChI is InChI=1S/C28H35N3O5/c1-6-9-17-30(16-7-2)20-12-10-19(11-13-20)23-22(36-18(4)32)15-14-21-24(23)26(33)25(27(34)29-5)28(35)31(21)8-3/h10-15,33H,6-9,16-17H2,1-5H3,(H,29,34).